The van der Waals surface area contributed by atoms with Gasteiger partial charge in [0.1, 0.15) is 5.82 Å². The third kappa shape index (κ3) is 4.80. The fraction of sp³-hybridized carbons (Fsp3) is 0.400. The maximum Gasteiger partial charge on any atom is 0.234 e. The number of amides is 1. The minimum atomic E-state index is -0.262. The predicted octanol–water partition coefficient (Wildman–Crippen LogP) is 3.97. The highest BCUT2D eigenvalue weighted by Gasteiger charge is 2.36. The maximum absolute atomic E-state index is 13.0. The first-order valence-electron chi connectivity index (χ1n) is 9.40. The van der Waals surface area contributed by atoms with Crippen LogP contribution in [0.1, 0.15) is 33.9 Å². The second-order valence-electron chi connectivity index (χ2n) is 7.36. The SMILES string of the molecule is O=C(CN1CCN(Cc2ccc(F)cc2)CC1)NC1CC(=O)c2c(Br)sc(Br)c21. The van der Waals surface area contributed by atoms with Crippen molar-refractivity contribution >= 4 is 54.9 Å². The second kappa shape index (κ2) is 8.93. The lowest BCUT2D eigenvalue weighted by atomic mass is 10.2. The van der Waals surface area contributed by atoms with Gasteiger partial charge in [-0.25, -0.2) is 4.39 Å². The number of benzene rings is 1. The molecule has 154 valence electrons. The molecule has 4 rings (SSSR count). The molecule has 1 aromatic heterocycles. The standard InChI is InChI=1S/C20H20Br2FN3O2S/c21-19-17-14(9-15(27)18(17)20(22)29-19)24-16(28)11-26-7-5-25(6-8-26)10-12-1-3-13(23)4-2-12/h1-4,14H,5-11H2,(H,24,28). The number of carbonyl (C=O) groups is 2. The summed E-state index contributed by atoms with van der Waals surface area (Å²) in [4.78, 5) is 29.3. The number of ketones is 1. The van der Waals surface area contributed by atoms with Gasteiger partial charge in [-0.05, 0) is 49.6 Å². The van der Waals surface area contributed by atoms with E-state index in [4.69, 9.17) is 0 Å². The van der Waals surface area contributed by atoms with Crippen molar-refractivity contribution in [2.45, 2.75) is 19.0 Å². The lowest BCUT2D eigenvalue weighted by Crippen LogP contribution is -2.49. The third-order valence-electron chi connectivity index (χ3n) is 5.36. The van der Waals surface area contributed by atoms with E-state index in [-0.39, 0.29) is 23.5 Å². The number of nitrogens with zero attached hydrogens (tertiary/aromatic N) is 2. The molecule has 5 nitrogen and oxygen atoms in total. The molecule has 0 saturated carbocycles. The number of Topliss-reactive ketones (excluding diaryl/α,β-unsaturated/α-hetero) is 1. The van der Waals surface area contributed by atoms with Crippen molar-refractivity contribution in [1.82, 2.24) is 15.1 Å². The number of rotatable bonds is 5. The minimum Gasteiger partial charge on any atom is -0.348 e. The van der Waals surface area contributed by atoms with Crippen LogP contribution < -0.4 is 5.32 Å². The Bertz CT molecular complexity index is 927. The van der Waals surface area contributed by atoms with Crippen LogP contribution in [0.4, 0.5) is 4.39 Å². The smallest absolute Gasteiger partial charge is 0.234 e. The monoisotopic (exact) mass is 543 g/mol. The number of fused-ring (bicyclic) bond motifs is 1. The summed E-state index contributed by atoms with van der Waals surface area (Å²) in [7, 11) is 0. The highest BCUT2D eigenvalue weighted by Crippen LogP contribution is 2.46. The Balaban J connectivity index is 1.27. The first-order chi connectivity index (χ1) is 13.9. The second-order valence-corrected chi connectivity index (χ2v) is 11.0. The summed E-state index contributed by atoms with van der Waals surface area (Å²) >= 11 is 8.42. The average Bonchev–Trinajstić information content (AvgIpc) is 3.16. The highest BCUT2D eigenvalue weighted by atomic mass is 79.9. The summed E-state index contributed by atoms with van der Waals surface area (Å²) in [5, 5.41) is 3.03. The number of carbonyl (C=O) groups excluding carboxylic acids is 2. The number of thiophene rings is 1. The zero-order valence-electron chi connectivity index (χ0n) is 15.6. The highest BCUT2D eigenvalue weighted by molar-refractivity contribution is 9.12. The summed E-state index contributed by atoms with van der Waals surface area (Å²) in [6.45, 7) is 4.44. The van der Waals surface area contributed by atoms with Crippen LogP contribution in [-0.4, -0.2) is 54.2 Å². The van der Waals surface area contributed by atoms with Crippen LogP contribution >= 0.6 is 43.2 Å². The Labute approximate surface area is 189 Å². The van der Waals surface area contributed by atoms with Crippen molar-refractivity contribution in [3.63, 3.8) is 0 Å². The third-order valence-corrected chi connectivity index (χ3v) is 7.94. The number of piperazine rings is 1. The Hall–Kier alpha value is -1.13. The first kappa shape index (κ1) is 21.1. The van der Waals surface area contributed by atoms with Crippen LogP contribution in [0.15, 0.2) is 31.8 Å². The Kier molecular flexibility index (Phi) is 6.50. The Morgan fingerprint density at radius 3 is 2.45 bits per heavy atom. The van der Waals surface area contributed by atoms with E-state index in [1.54, 1.807) is 0 Å². The van der Waals surface area contributed by atoms with Gasteiger partial charge in [0.05, 0.1) is 20.2 Å². The van der Waals surface area contributed by atoms with Gasteiger partial charge in [-0.3, -0.25) is 19.4 Å². The maximum atomic E-state index is 13.0. The van der Waals surface area contributed by atoms with Crippen LogP contribution in [-0.2, 0) is 11.3 Å². The molecule has 1 atom stereocenters. The van der Waals surface area contributed by atoms with Gasteiger partial charge in [-0.2, -0.15) is 0 Å². The van der Waals surface area contributed by atoms with Crippen LogP contribution in [0.3, 0.4) is 0 Å². The molecule has 2 heterocycles. The van der Waals surface area contributed by atoms with E-state index in [2.05, 4.69) is 47.0 Å². The summed E-state index contributed by atoms with van der Waals surface area (Å²) in [6, 6.07) is 6.33. The zero-order valence-corrected chi connectivity index (χ0v) is 19.6. The molecule has 1 unspecified atom stereocenters. The summed E-state index contributed by atoms with van der Waals surface area (Å²) in [5.74, 6) is -0.215. The molecule has 1 amide bonds. The fourth-order valence-corrected chi connectivity index (χ4v) is 7.24. The number of hydrogen-bond donors (Lipinski definition) is 1. The molecule has 1 aromatic carbocycles. The molecule has 29 heavy (non-hydrogen) atoms. The lowest BCUT2D eigenvalue weighted by molar-refractivity contribution is -0.123. The van der Waals surface area contributed by atoms with E-state index in [1.807, 2.05) is 12.1 Å². The van der Waals surface area contributed by atoms with E-state index >= 15 is 0 Å². The minimum absolute atomic E-state index is 0.0585. The van der Waals surface area contributed by atoms with E-state index in [1.165, 1.54) is 23.5 Å². The molecule has 0 bridgehead atoms. The van der Waals surface area contributed by atoms with Gasteiger partial charge in [0.2, 0.25) is 5.91 Å². The molecule has 1 aliphatic heterocycles. The van der Waals surface area contributed by atoms with Gasteiger partial charge >= 0.3 is 0 Å². The molecular weight excluding hydrogens is 525 g/mol. The largest absolute Gasteiger partial charge is 0.348 e. The Morgan fingerprint density at radius 1 is 1.10 bits per heavy atom. The van der Waals surface area contributed by atoms with Gasteiger partial charge in [0, 0.05) is 50.3 Å². The molecule has 1 saturated heterocycles. The molecule has 0 spiro atoms. The van der Waals surface area contributed by atoms with Crippen molar-refractivity contribution < 1.29 is 14.0 Å². The molecule has 0 radical (unpaired) electrons. The molecule has 9 heteroatoms. The molecule has 2 aromatic rings. The Morgan fingerprint density at radius 2 is 1.76 bits per heavy atom. The normalized spacial score (nSPS) is 20.1. The van der Waals surface area contributed by atoms with Crippen molar-refractivity contribution in [1.29, 1.82) is 0 Å². The molecule has 2 aliphatic rings. The van der Waals surface area contributed by atoms with E-state index < -0.39 is 0 Å². The van der Waals surface area contributed by atoms with E-state index in [0.717, 1.165) is 51.4 Å². The van der Waals surface area contributed by atoms with Crippen LogP contribution in [0.2, 0.25) is 0 Å². The van der Waals surface area contributed by atoms with Crippen molar-refractivity contribution in [3.05, 3.63) is 54.3 Å². The number of nitrogens with one attached hydrogen (secondary N) is 1. The topological polar surface area (TPSA) is 52.7 Å². The van der Waals surface area contributed by atoms with E-state index in [0.29, 0.717) is 18.5 Å². The van der Waals surface area contributed by atoms with Gasteiger partial charge in [0.15, 0.2) is 5.78 Å². The summed E-state index contributed by atoms with van der Waals surface area (Å²) in [6.07, 6.45) is 0.312. The van der Waals surface area contributed by atoms with Crippen molar-refractivity contribution in [2.24, 2.45) is 0 Å². The zero-order chi connectivity index (χ0) is 20.5. The first-order valence-corrected chi connectivity index (χ1v) is 11.8. The fourth-order valence-electron chi connectivity index (χ4n) is 3.87. The summed E-state index contributed by atoms with van der Waals surface area (Å²) in [5.41, 5.74) is 2.68. The predicted molar refractivity (Wildman–Crippen MR) is 118 cm³/mol. The van der Waals surface area contributed by atoms with Gasteiger partial charge in [-0.1, -0.05) is 12.1 Å². The van der Waals surface area contributed by atoms with Gasteiger partial charge in [-0.15, -0.1) is 11.3 Å². The summed E-state index contributed by atoms with van der Waals surface area (Å²) < 4.78 is 14.7. The van der Waals surface area contributed by atoms with Crippen molar-refractivity contribution in [3.8, 4) is 0 Å². The molecule has 1 fully saturated rings. The average molecular weight is 545 g/mol. The lowest BCUT2D eigenvalue weighted by Gasteiger charge is -2.34. The van der Waals surface area contributed by atoms with Crippen LogP contribution in [0, 0.1) is 5.82 Å². The number of halogens is 3. The molecule has 1 N–H and O–H groups in total. The van der Waals surface area contributed by atoms with Crippen LogP contribution in [0.5, 0.6) is 0 Å². The van der Waals surface area contributed by atoms with Crippen LogP contribution in [0.25, 0.3) is 0 Å². The van der Waals surface area contributed by atoms with E-state index in [9.17, 15) is 14.0 Å². The van der Waals surface area contributed by atoms with Gasteiger partial charge < -0.3 is 5.32 Å². The quantitative estimate of drug-likeness (QED) is 0.619. The molecule has 1 aliphatic carbocycles. The van der Waals surface area contributed by atoms with Crippen molar-refractivity contribution in [2.75, 3.05) is 32.7 Å². The van der Waals surface area contributed by atoms with Gasteiger partial charge in [0.25, 0.3) is 0 Å². The molecular formula is C20H20Br2FN3O2S. The number of hydrogen-bond acceptors (Lipinski definition) is 5.